The van der Waals surface area contributed by atoms with Crippen LogP contribution in [0.4, 0.5) is 9.18 Å². The molecule has 0 bridgehead atoms. The zero-order valence-corrected chi connectivity index (χ0v) is 25.4. The van der Waals surface area contributed by atoms with E-state index in [-0.39, 0.29) is 17.9 Å². The number of halogens is 1. The minimum absolute atomic E-state index is 0.0842. The average Bonchev–Trinajstić information content (AvgIpc) is 2.90. The molecule has 2 aromatic rings. The van der Waals surface area contributed by atoms with Gasteiger partial charge in [0.2, 0.25) is 4.58 Å². The van der Waals surface area contributed by atoms with Gasteiger partial charge in [0.15, 0.2) is 0 Å². The largest absolute Gasteiger partial charge is 0.493 e. The lowest BCUT2D eigenvalue weighted by molar-refractivity contribution is 0.127. The van der Waals surface area contributed by atoms with Gasteiger partial charge in [-0.05, 0) is 81.2 Å². The average molecular weight is 618 g/mol. The fraction of sp³-hybridized carbons (Fsp3) is 0.519. The summed E-state index contributed by atoms with van der Waals surface area (Å²) in [5.41, 5.74) is 1.96. The summed E-state index contributed by atoms with van der Waals surface area (Å²) in [5.74, 6) is 1.05. The number of benzene rings is 2. The summed E-state index contributed by atoms with van der Waals surface area (Å²) in [7, 11) is -7.28. The third kappa shape index (κ3) is 12.3. The molecule has 0 unspecified atom stereocenters. The van der Waals surface area contributed by atoms with Crippen LogP contribution in [-0.2, 0) is 33.3 Å². The van der Waals surface area contributed by atoms with Crippen LogP contribution in [-0.4, -0.2) is 79.1 Å². The molecule has 2 aromatic carbocycles. The molecule has 1 saturated heterocycles. The third-order valence-corrected chi connectivity index (χ3v) is 9.58. The molecule has 0 aromatic heterocycles. The number of hydrogen-bond acceptors (Lipinski definition) is 7. The first-order chi connectivity index (χ1) is 19.1. The molecule has 0 saturated carbocycles. The van der Waals surface area contributed by atoms with Crippen molar-refractivity contribution in [1.29, 1.82) is 0 Å². The van der Waals surface area contributed by atoms with Gasteiger partial charge in [-0.2, -0.15) is 16.8 Å². The summed E-state index contributed by atoms with van der Waals surface area (Å²) < 4.78 is 72.8. The summed E-state index contributed by atoms with van der Waals surface area (Å²) >= 11 is 0. The van der Waals surface area contributed by atoms with Gasteiger partial charge in [-0.1, -0.05) is 38.1 Å². The van der Waals surface area contributed by atoms with Gasteiger partial charge >= 0.3 is 6.03 Å². The van der Waals surface area contributed by atoms with Gasteiger partial charge in [-0.25, -0.2) is 9.18 Å². The molecule has 11 nitrogen and oxygen atoms in total. The summed E-state index contributed by atoms with van der Waals surface area (Å²) in [5, 5.41) is 3.02. The number of piperidine rings is 1. The van der Waals surface area contributed by atoms with Crippen molar-refractivity contribution in [2.45, 2.75) is 57.3 Å². The van der Waals surface area contributed by atoms with Crippen molar-refractivity contribution in [2.75, 3.05) is 26.7 Å². The predicted octanol–water partition coefficient (Wildman–Crippen LogP) is 3.77. The van der Waals surface area contributed by atoms with Crippen LogP contribution >= 0.6 is 0 Å². The molecule has 41 heavy (non-hydrogen) atoms. The molecule has 0 spiro atoms. The smallest absolute Gasteiger partial charge is 0.318 e. The molecule has 0 radical (unpaired) electrons. The zero-order chi connectivity index (χ0) is 30.8. The molecule has 1 fully saturated rings. The van der Waals surface area contributed by atoms with Gasteiger partial charge in [0.25, 0.3) is 20.2 Å². The molecule has 0 atom stereocenters. The Morgan fingerprint density at radius 1 is 0.976 bits per heavy atom. The van der Waals surface area contributed by atoms with Crippen molar-refractivity contribution in [3.63, 3.8) is 0 Å². The molecular weight excluding hydrogens is 577 g/mol. The Kier molecular flexibility index (Phi) is 13.0. The molecule has 230 valence electrons. The molecule has 1 aliphatic heterocycles. The number of hydrogen-bond donors (Lipinski definition) is 3. The van der Waals surface area contributed by atoms with Crippen LogP contribution in [0.25, 0.3) is 0 Å². The minimum atomic E-state index is -4.70. The molecule has 1 aliphatic rings. The van der Waals surface area contributed by atoms with Gasteiger partial charge in [0, 0.05) is 19.1 Å². The predicted molar refractivity (Wildman–Crippen MR) is 154 cm³/mol. The van der Waals surface area contributed by atoms with E-state index in [9.17, 15) is 26.0 Å². The van der Waals surface area contributed by atoms with Crippen molar-refractivity contribution in [3.8, 4) is 5.75 Å². The van der Waals surface area contributed by atoms with Crippen molar-refractivity contribution in [1.82, 2.24) is 15.1 Å². The molecule has 3 N–H and O–H groups in total. The Labute approximate surface area is 242 Å². The number of carbonyl (C=O) groups is 1. The minimum Gasteiger partial charge on any atom is -0.493 e. The van der Waals surface area contributed by atoms with E-state index >= 15 is 0 Å². The van der Waals surface area contributed by atoms with Crippen LogP contribution in [0.15, 0.2) is 48.5 Å². The Morgan fingerprint density at radius 3 is 1.95 bits per heavy atom. The summed E-state index contributed by atoms with van der Waals surface area (Å²) in [6.07, 6.45) is 1.91. The van der Waals surface area contributed by atoms with Gasteiger partial charge in [0.1, 0.15) is 11.6 Å². The molecule has 1 heterocycles. The van der Waals surface area contributed by atoms with E-state index in [1.54, 1.807) is 12.1 Å². The standard InChI is InChI=1S/C25H34FN3O2.C2H6O6S2/c1-19(2)18-31-24-10-6-21(7-11-24)17-29(23-12-14-28(3)15-13-23)25(30)27-16-20-4-8-22(26)9-5-20;1-2(9(3,4)5)10(6,7)8/h4-11,19,23H,12-18H2,1-3H3,(H,27,30);2H,1H3,(H,3,4,5)(H,6,7,8). The monoisotopic (exact) mass is 617 g/mol. The Bertz CT molecular complexity index is 1280. The molecule has 0 aliphatic carbocycles. The van der Waals surface area contributed by atoms with Crippen molar-refractivity contribution < 1.29 is 39.9 Å². The van der Waals surface area contributed by atoms with Crippen LogP contribution < -0.4 is 10.1 Å². The van der Waals surface area contributed by atoms with E-state index in [2.05, 4.69) is 31.1 Å². The van der Waals surface area contributed by atoms with Crippen molar-refractivity contribution in [3.05, 3.63) is 65.5 Å². The van der Waals surface area contributed by atoms with Gasteiger partial charge in [-0.3, -0.25) is 9.11 Å². The third-order valence-electron chi connectivity index (χ3n) is 6.45. The van der Waals surface area contributed by atoms with Gasteiger partial charge in [-0.15, -0.1) is 0 Å². The maximum absolute atomic E-state index is 13.1. The van der Waals surface area contributed by atoms with Crippen molar-refractivity contribution in [2.24, 2.45) is 5.92 Å². The lowest BCUT2D eigenvalue weighted by atomic mass is 10.0. The summed E-state index contributed by atoms with van der Waals surface area (Å²) in [4.78, 5) is 17.4. The lowest BCUT2D eigenvalue weighted by Crippen LogP contribution is -2.49. The van der Waals surface area contributed by atoms with E-state index in [1.165, 1.54) is 12.1 Å². The number of carbonyl (C=O) groups excluding carboxylic acids is 1. The summed E-state index contributed by atoms with van der Waals surface area (Å²) in [6.45, 7) is 8.48. The molecular formula is C27H40FN3O8S2. The Hall–Kier alpha value is -2.78. The van der Waals surface area contributed by atoms with E-state index in [4.69, 9.17) is 13.8 Å². The quantitative estimate of drug-likeness (QED) is 0.338. The number of urea groups is 1. The van der Waals surface area contributed by atoms with Crippen LogP contribution in [0.5, 0.6) is 5.75 Å². The first kappa shape index (κ1) is 34.4. The van der Waals surface area contributed by atoms with Crippen LogP contribution in [0.1, 0.15) is 44.7 Å². The highest BCUT2D eigenvalue weighted by Gasteiger charge is 2.30. The van der Waals surface area contributed by atoms with Gasteiger partial charge < -0.3 is 19.9 Å². The SMILES string of the molecule is CC(C)COc1ccc(CN(C(=O)NCc2ccc(F)cc2)C2CCN(C)CC2)cc1.CC(S(=O)(=O)O)S(=O)(=O)O. The maximum Gasteiger partial charge on any atom is 0.318 e. The maximum atomic E-state index is 13.1. The van der Waals surface area contributed by atoms with Crippen molar-refractivity contribution >= 4 is 26.3 Å². The van der Waals surface area contributed by atoms with Crippen LogP contribution in [0.2, 0.25) is 0 Å². The Balaban J connectivity index is 0.000000503. The zero-order valence-electron chi connectivity index (χ0n) is 23.7. The number of amides is 2. The fourth-order valence-electron chi connectivity index (χ4n) is 3.86. The number of rotatable bonds is 10. The van der Waals surface area contributed by atoms with E-state index in [1.807, 2.05) is 29.2 Å². The second kappa shape index (κ2) is 15.4. The highest BCUT2D eigenvalue weighted by atomic mass is 32.3. The second-order valence-corrected chi connectivity index (χ2v) is 14.2. The molecule has 2 amide bonds. The van der Waals surface area contributed by atoms with Gasteiger partial charge in [0.05, 0.1) is 6.61 Å². The molecule has 14 heteroatoms. The highest BCUT2D eigenvalue weighted by molar-refractivity contribution is 8.03. The normalized spacial score (nSPS) is 14.9. The number of nitrogens with one attached hydrogen (secondary N) is 1. The van der Waals surface area contributed by atoms with E-state index in [0.29, 0.717) is 32.5 Å². The number of ether oxygens (including phenoxy) is 1. The van der Waals surface area contributed by atoms with E-state index in [0.717, 1.165) is 42.8 Å². The van der Waals surface area contributed by atoms with Crippen LogP contribution in [0, 0.1) is 11.7 Å². The molecule has 3 rings (SSSR count). The number of likely N-dealkylation sites (tertiary alicyclic amines) is 1. The topological polar surface area (TPSA) is 154 Å². The van der Waals surface area contributed by atoms with Crippen LogP contribution in [0.3, 0.4) is 0 Å². The fourth-order valence-corrected chi connectivity index (χ4v) is 5.09. The Morgan fingerprint density at radius 2 is 1.49 bits per heavy atom. The lowest BCUT2D eigenvalue weighted by Gasteiger charge is -2.37. The summed E-state index contributed by atoms with van der Waals surface area (Å²) in [6, 6.07) is 14.4. The van der Waals surface area contributed by atoms with E-state index < -0.39 is 24.8 Å². The number of nitrogens with zero attached hydrogens (tertiary/aromatic N) is 2. The first-order valence-electron chi connectivity index (χ1n) is 13.2. The highest BCUT2D eigenvalue weighted by Crippen LogP contribution is 2.21. The first-order valence-corrected chi connectivity index (χ1v) is 16.2. The second-order valence-electron chi connectivity index (χ2n) is 10.4.